The second-order valence-electron chi connectivity index (χ2n) is 7.90. The molecule has 0 radical (unpaired) electrons. The number of amides is 2. The number of rotatable bonds is 2. The average Bonchev–Trinajstić information content (AvgIpc) is 2.69. The molecular weight excluding hydrogens is 344 g/mol. The second kappa shape index (κ2) is 8.30. The van der Waals surface area contributed by atoms with Crippen LogP contribution < -0.4 is 0 Å². The molecule has 2 aliphatic rings. The van der Waals surface area contributed by atoms with Gasteiger partial charge >= 0.3 is 12.0 Å². The average molecular weight is 374 g/mol. The molecule has 0 aromatic heterocycles. The first kappa shape index (κ1) is 19.7. The van der Waals surface area contributed by atoms with Gasteiger partial charge in [0.25, 0.3) is 0 Å². The van der Waals surface area contributed by atoms with Gasteiger partial charge in [0.1, 0.15) is 0 Å². The van der Waals surface area contributed by atoms with Gasteiger partial charge in [-0.1, -0.05) is 18.2 Å². The summed E-state index contributed by atoms with van der Waals surface area (Å²) in [6, 6.07) is 6.33. The summed E-state index contributed by atoms with van der Waals surface area (Å²) in [5.41, 5.74) is 3.62. The summed E-state index contributed by atoms with van der Waals surface area (Å²) in [4.78, 5) is 28.9. The molecule has 2 atom stereocenters. The number of likely N-dealkylation sites (tertiary alicyclic amines) is 2. The predicted molar refractivity (Wildman–Crippen MR) is 103 cm³/mol. The highest BCUT2D eigenvalue weighted by Crippen LogP contribution is 2.32. The smallest absolute Gasteiger partial charge is 0.320 e. The maximum Gasteiger partial charge on any atom is 0.320 e. The van der Waals surface area contributed by atoms with Crippen LogP contribution in [0.5, 0.6) is 0 Å². The highest BCUT2D eigenvalue weighted by atomic mass is 16.5. The summed E-state index contributed by atoms with van der Waals surface area (Å²) in [5, 5.41) is 9.69. The largest absolute Gasteiger partial charge is 0.469 e. The number of benzene rings is 1. The molecule has 2 saturated heterocycles. The lowest BCUT2D eigenvalue weighted by molar-refractivity contribution is -0.147. The van der Waals surface area contributed by atoms with Crippen molar-refractivity contribution in [3.63, 3.8) is 0 Å². The molecule has 148 valence electrons. The van der Waals surface area contributed by atoms with Gasteiger partial charge in [0.05, 0.1) is 19.1 Å². The predicted octanol–water partition coefficient (Wildman–Crippen LogP) is 2.46. The lowest BCUT2D eigenvalue weighted by Crippen LogP contribution is -2.52. The number of hydrogen-bond acceptors (Lipinski definition) is 4. The number of urea groups is 1. The van der Waals surface area contributed by atoms with Crippen LogP contribution in [0, 0.1) is 19.8 Å². The van der Waals surface area contributed by atoms with Crippen LogP contribution in [0.25, 0.3) is 0 Å². The number of aliphatic hydroxyl groups excluding tert-OH is 1. The normalized spacial score (nSPS) is 24.0. The maximum absolute atomic E-state index is 13.0. The summed E-state index contributed by atoms with van der Waals surface area (Å²) in [6.45, 7) is 6.29. The molecule has 2 heterocycles. The molecular formula is C21H30N2O4. The van der Waals surface area contributed by atoms with Crippen LogP contribution in [0.3, 0.4) is 0 Å². The van der Waals surface area contributed by atoms with E-state index in [1.165, 1.54) is 23.8 Å². The van der Waals surface area contributed by atoms with Gasteiger partial charge < -0.3 is 19.6 Å². The van der Waals surface area contributed by atoms with Crippen LogP contribution in [0.15, 0.2) is 18.2 Å². The number of hydrogen-bond donors (Lipinski definition) is 1. The zero-order valence-electron chi connectivity index (χ0n) is 16.5. The third kappa shape index (κ3) is 4.43. The van der Waals surface area contributed by atoms with Crippen molar-refractivity contribution in [3.8, 4) is 0 Å². The highest BCUT2D eigenvalue weighted by Gasteiger charge is 2.37. The Labute approximate surface area is 161 Å². The first-order valence-electron chi connectivity index (χ1n) is 9.76. The fourth-order valence-electron chi connectivity index (χ4n) is 4.11. The molecule has 2 unspecified atom stereocenters. The van der Waals surface area contributed by atoms with E-state index in [1.54, 1.807) is 9.80 Å². The van der Waals surface area contributed by atoms with Crippen LogP contribution in [0.2, 0.25) is 0 Å². The topological polar surface area (TPSA) is 70.1 Å². The molecule has 0 bridgehead atoms. The summed E-state index contributed by atoms with van der Waals surface area (Å²) in [5.74, 6) is -0.452. The van der Waals surface area contributed by atoms with E-state index in [-0.39, 0.29) is 29.9 Å². The Morgan fingerprint density at radius 3 is 2.41 bits per heavy atom. The van der Waals surface area contributed by atoms with Crippen molar-refractivity contribution in [2.75, 3.05) is 33.3 Å². The minimum atomic E-state index is -0.318. The van der Waals surface area contributed by atoms with Gasteiger partial charge in [0.2, 0.25) is 0 Å². The van der Waals surface area contributed by atoms with Crippen LogP contribution in [0.4, 0.5) is 4.79 Å². The lowest BCUT2D eigenvalue weighted by atomic mass is 9.83. The number of aryl methyl sites for hydroxylation is 2. The Hall–Kier alpha value is -2.08. The summed E-state index contributed by atoms with van der Waals surface area (Å²) >= 11 is 0. The Balaban J connectivity index is 1.79. The molecule has 0 aliphatic carbocycles. The van der Waals surface area contributed by atoms with E-state index in [0.717, 1.165) is 0 Å². The molecule has 0 spiro atoms. The fraction of sp³-hybridized carbons (Fsp3) is 0.619. The van der Waals surface area contributed by atoms with Gasteiger partial charge in [0, 0.05) is 32.1 Å². The molecule has 2 aliphatic heterocycles. The highest BCUT2D eigenvalue weighted by molar-refractivity contribution is 5.77. The number of carbonyl (C=O) groups excluding carboxylic acids is 2. The van der Waals surface area contributed by atoms with E-state index in [0.29, 0.717) is 45.4 Å². The van der Waals surface area contributed by atoms with E-state index < -0.39 is 0 Å². The number of carbonyl (C=O) groups is 2. The van der Waals surface area contributed by atoms with E-state index in [9.17, 15) is 14.7 Å². The number of esters is 1. The number of nitrogens with zero attached hydrogens (tertiary/aromatic N) is 2. The van der Waals surface area contributed by atoms with Gasteiger partial charge in [-0.05, 0) is 49.8 Å². The molecule has 1 aromatic rings. The number of piperidine rings is 2. The van der Waals surface area contributed by atoms with E-state index in [1.807, 2.05) is 0 Å². The van der Waals surface area contributed by atoms with Gasteiger partial charge in [-0.2, -0.15) is 0 Å². The second-order valence-corrected chi connectivity index (χ2v) is 7.90. The van der Waals surface area contributed by atoms with Crippen LogP contribution in [0.1, 0.15) is 41.9 Å². The van der Waals surface area contributed by atoms with Crippen molar-refractivity contribution >= 4 is 12.0 Å². The standard InChI is InChI=1S/C21H30N2O4/c1-14-4-5-16(10-15(14)2)17-11-18(20(25)27-3)13-23(12-17)21(26)22-8-6-19(24)7-9-22/h4-5,10,17-19,24H,6-9,11-13H2,1-3H3. The molecule has 6 nitrogen and oxygen atoms in total. The summed E-state index contributed by atoms with van der Waals surface area (Å²) in [7, 11) is 1.40. The van der Waals surface area contributed by atoms with Crippen molar-refractivity contribution in [2.45, 2.75) is 45.1 Å². The summed E-state index contributed by atoms with van der Waals surface area (Å²) < 4.78 is 4.98. The molecule has 6 heteroatoms. The van der Waals surface area contributed by atoms with Crippen molar-refractivity contribution in [2.24, 2.45) is 5.92 Å². The van der Waals surface area contributed by atoms with Gasteiger partial charge in [-0.25, -0.2) is 4.79 Å². The number of aliphatic hydroxyl groups is 1. The fourth-order valence-corrected chi connectivity index (χ4v) is 4.11. The third-order valence-corrected chi connectivity index (χ3v) is 5.99. The first-order valence-corrected chi connectivity index (χ1v) is 9.76. The maximum atomic E-state index is 13.0. The zero-order valence-corrected chi connectivity index (χ0v) is 16.5. The minimum absolute atomic E-state index is 0.0377. The van der Waals surface area contributed by atoms with Crippen LogP contribution >= 0.6 is 0 Å². The van der Waals surface area contributed by atoms with Crippen molar-refractivity contribution in [1.82, 2.24) is 9.80 Å². The Morgan fingerprint density at radius 1 is 1.07 bits per heavy atom. The SMILES string of the molecule is COC(=O)C1CC(c2ccc(C)c(C)c2)CN(C(=O)N2CCC(O)CC2)C1. The van der Waals surface area contributed by atoms with Crippen LogP contribution in [-0.2, 0) is 9.53 Å². The van der Waals surface area contributed by atoms with Crippen LogP contribution in [-0.4, -0.2) is 66.3 Å². The van der Waals surface area contributed by atoms with E-state index >= 15 is 0 Å². The zero-order chi connectivity index (χ0) is 19.6. The monoisotopic (exact) mass is 374 g/mol. The van der Waals surface area contributed by atoms with E-state index in [2.05, 4.69) is 32.0 Å². The van der Waals surface area contributed by atoms with Gasteiger partial charge in [-0.15, -0.1) is 0 Å². The lowest BCUT2D eigenvalue weighted by Gasteiger charge is -2.40. The van der Waals surface area contributed by atoms with E-state index in [4.69, 9.17) is 4.74 Å². The molecule has 0 saturated carbocycles. The van der Waals surface area contributed by atoms with Gasteiger partial charge in [-0.3, -0.25) is 4.79 Å². The Morgan fingerprint density at radius 2 is 1.78 bits per heavy atom. The molecule has 2 fully saturated rings. The molecule has 1 N–H and O–H groups in total. The minimum Gasteiger partial charge on any atom is -0.469 e. The summed E-state index contributed by atoms with van der Waals surface area (Å²) in [6.07, 6.45) is 1.60. The van der Waals surface area contributed by atoms with Gasteiger partial charge in [0.15, 0.2) is 0 Å². The molecule has 3 rings (SSSR count). The van der Waals surface area contributed by atoms with Crippen molar-refractivity contribution in [3.05, 3.63) is 34.9 Å². The molecule has 27 heavy (non-hydrogen) atoms. The number of methoxy groups -OCH3 is 1. The molecule has 2 amide bonds. The number of ether oxygens (including phenoxy) is 1. The Bertz CT molecular complexity index is 697. The third-order valence-electron chi connectivity index (χ3n) is 5.99. The first-order chi connectivity index (χ1) is 12.9. The van der Waals surface area contributed by atoms with Crippen molar-refractivity contribution < 1.29 is 19.4 Å². The molecule has 1 aromatic carbocycles. The van der Waals surface area contributed by atoms with Crippen molar-refractivity contribution in [1.29, 1.82) is 0 Å². The quantitative estimate of drug-likeness (QED) is 0.808. The Kier molecular flexibility index (Phi) is 6.05.